The molecule has 0 fully saturated rings. The summed E-state index contributed by atoms with van der Waals surface area (Å²) in [4.78, 5) is 15.3. The monoisotopic (exact) mass is 331 g/mol. The Labute approximate surface area is 131 Å². The molecule has 7 nitrogen and oxygen atoms in total. The van der Waals surface area contributed by atoms with Crippen LogP contribution in [0.15, 0.2) is 6.33 Å². The van der Waals surface area contributed by atoms with E-state index in [1.165, 1.54) is 32.1 Å². The predicted molar refractivity (Wildman–Crippen MR) is 84.0 cm³/mol. The number of amides is 1. The molecule has 126 valence electrons. The molecule has 0 unspecified atom stereocenters. The zero-order chi connectivity index (χ0) is 16.6. The van der Waals surface area contributed by atoms with E-state index in [4.69, 9.17) is 10.3 Å². The number of aromatic nitrogens is 2. The zero-order valence-electron chi connectivity index (χ0n) is 13.0. The van der Waals surface area contributed by atoms with Crippen molar-refractivity contribution in [1.29, 1.82) is 0 Å². The fraction of sp³-hybridized carbons (Fsp3) is 0.714. The number of unbranched alkanes of at least 4 members (excludes halogenated alkanes) is 7. The Kier molecular flexibility index (Phi) is 7.53. The highest BCUT2D eigenvalue weighted by Gasteiger charge is 2.22. The van der Waals surface area contributed by atoms with Crippen LogP contribution in [0.3, 0.4) is 0 Å². The number of imidazole rings is 1. The van der Waals surface area contributed by atoms with E-state index >= 15 is 0 Å². The van der Waals surface area contributed by atoms with Crippen LogP contribution in [-0.2, 0) is 16.7 Å². The normalized spacial score (nSPS) is 11.7. The van der Waals surface area contributed by atoms with Crippen LogP contribution in [-0.4, -0.2) is 27.8 Å². The van der Waals surface area contributed by atoms with Gasteiger partial charge in [0.25, 0.3) is 5.91 Å². The first-order valence-electron chi connectivity index (χ1n) is 7.72. The summed E-state index contributed by atoms with van der Waals surface area (Å²) in [7, 11) is -4.55. The number of carbonyl (C=O) groups is 1. The first-order valence-corrected chi connectivity index (χ1v) is 9.11. The molecule has 1 aromatic rings. The lowest BCUT2D eigenvalue weighted by Crippen LogP contribution is -2.22. The molecule has 1 rings (SSSR count). The summed E-state index contributed by atoms with van der Waals surface area (Å²) in [5.41, 5.74) is 5.24. The maximum Gasteiger partial charge on any atom is 0.365 e. The van der Waals surface area contributed by atoms with Crippen LogP contribution in [0, 0.1) is 0 Å². The molecule has 1 amide bonds. The van der Waals surface area contributed by atoms with Crippen LogP contribution in [0.1, 0.15) is 74.5 Å². The van der Waals surface area contributed by atoms with Gasteiger partial charge in [-0.05, 0) is 12.8 Å². The number of aryl methyl sites for hydroxylation is 1. The standard InChI is InChI=1S/C14H25N3O4S/c1-2-3-4-5-6-7-8-9-10-12-13(14(15)18)17(11-16-12)22(19,20)21/h11H,2-10H2,1H3,(H2,15,18)(H,19,20,21). The zero-order valence-corrected chi connectivity index (χ0v) is 13.8. The Bertz CT molecular complexity index is 581. The topological polar surface area (TPSA) is 115 Å². The summed E-state index contributed by atoms with van der Waals surface area (Å²) < 4.78 is 31.7. The molecular formula is C14H25N3O4S. The summed E-state index contributed by atoms with van der Waals surface area (Å²) in [6, 6.07) is 0. The van der Waals surface area contributed by atoms with E-state index in [0.717, 1.165) is 25.6 Å². The molecule has 1 heterocycles. The molecule has 3 N–H and O–H groups in total. The molecule has 0 aliphatic rings. The van der Waals surface area contributed by atoms with E-state index in [0.29, 0.717) is 16.1 Å². The quantitative estimate of drug-likeness (QED) is 0.477. The minimum atomic E-state index is -4.55. The lowest BCUT2D eigenvalue weighted by molar-refractivity contribution is 0.0993. The fourth-order valence-corrected chi connectivity index (χ4v) is 3.00. The average Bonchev–Trinajstić information content (AvgIpc) is 2.86. The highest BCUT2D eigenvalue weighted by Crippen LogP contribution is 2.14. The van der Waals surface area contributed by atoms with E-state index in [1.54, 1.807) is 0 Å². The van der Waals surface area contributed by atoms with Gasteiger partial charge in [0.15, 0.2) is 0 Å². The second-order valence-electron chi connectivity index (χ2n) is 5.40. The number of rotatable bonds is 11. The van der Waals surface area contributed by atoms with Crippen molar-refractivity contribution < 1.29 is 17.8 Å². The van der Waals surface area contributed by atoms with Gasteiger partial charge < -0.3 is 5.73 Å². The van der Waals surface area contributed by atoms with E-state index < -0.39 is 16.2 Å². The molecule has 0 spiro atoms. The first kappa shape index (κ1) is 18.6. The van der Waals surface area contributed by atoms with E-state index in [9.17, 15) is 13.2 Å². The Morgan fingerprint density at radius 1 is 1.18 bits per heavy atom. The summed E-state index contributed by atoms with van der Waals surface area (Å²) >= 11 is 0. The Balaban J connectivity index is 2.47. The summed E-state index contributed by atoms with van der Waals surface area (Å²) in [6.07, 6.45) is 10.5. The van der Waals surface area contributed by atoms with Gasteiger partial charge >= 0.3 is 10.3 Å². The molecule has 0 atom stereocenters. The molecule has 8 heteroatoms. The second kappa shape index (κ2) is 8.89. The number of nitrogens with zero attached hydrogens (tertiary/aromatic N) is 2. The molecular weight excluding hydrogens is 306 g/mol. The lowest BCUT2D eigenvalue weighted by Gasteiger charge is -2.04. The summed E-state index contributed by atoms with van der Waals surface area (Å²) in [6.45, 7) is 2.18. The molecule has 1 aromatic heterocycles. The average molecular weight is 331 g/mol. The van der Waals surface area contributed by atoms with Gasteiger partial charge in [0.2, 0.25) is 0 Å². The van der Waals surface area contributed by atoms with Crippen LogP contribution in [0.4, 0.5) is 0 Å². The maximum atomic E-state index is 11.4. The van der Waals surface area contributed by atoms with Gasteiger partial charge in [-0.2, -0.15) is 12.4 Å². The number of hydrogen-bond acceptors (Lipinski definition) is 4. The molecule has 0 bridgehead atoms. The number of primary amides is 1. The smallest absolute Gasteiger partial charge is 0.364 e. The van der Waals surface area contributed by atoms with Crippen molar-refractivity contribution in [3.8, 4) is 0 Å². The van der Waals surface area contributed by atoms with Crippen molar-refractivity contribution in [3.05, 3.63) is 17.7 Å². The maximum absolute atomic E-state index is 11.4. The first-order chi connectivity index (χ1) is 10.4. The largest absolute Gasteiger partial charge is 0.365 e. The Morgan fingerprint density at radius 3 is 2.23 bits per heavy atom. The van der Waals surface area contributed by atoms with Crippen molar-refractivity contribution in [2.75, 3.05) is 0 Å². The highest BCUT2D eigenvalue weighted by atomic mass is 32.2. The van der Waals surface area contributed by atoms with Crippen LogP contribution < -0.4 is 5.73 Å². The summed E-state index contributed by atoms with van der Waals surface area (Å²) in [5.74, 6) is -0.912. The predicted octanol–water partition coefficient (Wildman–Crippen LogP) is 2.32. The molecule has 0 saturated carbocycles. The molecule has 0 radical (unpaired) electrons. The minimum Gasteiger partial charge on any atom is -0.364 e. The van der Waals surface area contributed by atoms with Gasteiger partial charge in [-0.1, -0.05) is 51.9 Å². The SMILES string of the molecule is CCCCCCCCCCc1ncn(S(=O)(=O)O)c1C(N)=O. The van der Waals surface area contributed by atoms with Crippen LogP contribution in [0.25, 0.3) is 0 Å². The van der Waals surface area contributed by atoms with Crippen molar-refractivity contribution in [3.63, 3.8) is 0 Å². The molecule has 0 aliphatic carbocycles. The van der Waals surface area contributed by atoms with Gasteiger partial charge in [0.1, 0.15) is 12.0 Å². The molecule has 22 heavy (non-hydrogen) atoms. The lowest BCUT2D eigenvalue weighted by atomic mass is 10.1. The van der Waals surface area contributed by atoms with E-state index in [2.05, 4.69) is 11.9 Å². The minimum absolute atomic E-state index is 0.259. The van der Waals surface area contributed by atoms with Crippen molar-refractivity contribution in [1.82, 2.24) is 8.96 Å². The number of nitrogens with two attached hydrogens (primary N) is 1. The number of carbonyl (C=O) groups excluding carboxylic acids is 1. The third-order valence-corrected chi connectivity index (χ3v) is 4.34. The van der Waals surface area contributed by atoms with Gasteiger partial charge in [-0.3, -0.25) is 9.35 Å². The van der Waals surface area contributed by atoms with E-state index in [-0.39, 0.29) is 5.69 Å². The Hall–Kier alpha value is -1.41. The van der Waals surface area contributed by atoms with Gasteiger partial charge in [-0.15, -0.1) is 0 Å². The van der Waals surface area contributed by atoms with Gasteiger partial charge in [-0.25, -0.2) is 4.98 Å². The molecule has 0 aromatic carbocycles. The highest BCUT2D eigenvalue weighted by molar-refractivity contribution is 7.84. The van der Waals surface area contributed by atoms with Crippen molar-refractivity contribution in [2.24, 2.45) is 5.73 Å². The van der Waals surface area contributed by atoms with Crippen LogP contribution in [0.5, 0.6) is 0 Å². The van der Waals surface area contributed by atoms with Crippen molar-refractivity contribution in [2.45, 2.75) is 64.7 Å². The second-order valence-corrected chi connectivity index (χ2v) is 6.69. The molecule has 0 aliphatic heterocycles. The summed E-state index contributed by atoms with van der Waals surface area (Å²) in [5, 5.41) is 0. The van der Waals surface area contributed by atoms with Crippen molar-refractivity contribution >= 4 is 16.2 Å². The van der Waals surface area contributed by atoms with Gasteiger partial charge in [0.05, 0.1) is 5.69 Å². The third-order valence-electron chi connectivity index (χ3n) is 3.56. The Morgan fingerprint density at radius 2 is 1.73 bits per heavy atom. The van der Waals surface area contributed by atoms with Crippen LogP contribution in [0.2, 0.25) is 0 Å². The van der Waals surface area contributed by atoms with Gasteiger partial charge in [0, 0.05) is 0 Å². The van der Waals surface area contributed by atoms with Crippen LogP contribution >= 0.6 is 0 Å². The van der Waals surface area contributed by atoms with E-state index in [1.807, 2.05) is 0 Å². The molecule has 0 saturated heterocycles. The fourth-order valence-electron chi connectivity index (χ4n) is 2.40. The third kappa shape index (κ3) is 5.76. The number of hydrogen-bond donors (Lipinski definition) is 2.